The van der Waals surface area contributed by atoms with Crippen LogP contribution in [0.15, 0.2) is 0 Å². The lowest BCUT2D eigenvalue weighted by atomic mass is 9.93. The van der Waals surface area contributed by atoms with E-state index in [4.69, 9.17) is 99.5 Å². The minimum Gasteiger partial charge on any atom is -0.394 e. The summed E-state index contributed by atoms with van der Waals surface area (Å²) in [6.45, 7) is -6.43. The summed E-state index contributed by atoms with van der Waals surface area (Å²) in [7, 11) is -5.13. The number of nitrogens with one attached hydrogen (secondary N) is 3. The van der Waals surface area contributed by atoms with Crippen LogP contribution in [0.25, 0.3) is 0 Å². The second kappa shape index (κ2) is 47.2. The van der Waals surface area contributed by atoms with Crippen molar-refractivity contribution in [2.75, 3.05) is 65.6 Å². The van der Waals surface area contributed by atoms with Crippen LogP contribution in [0.2, 0.25) is 0 Å². The van der Waals surface area contributed by atoms with E-state index in [2.05, 4.69) is 16.0 Å². The topological polar surface area (TPSA) is 946 Å². The molecule has 3 amide bonds. The van der Waals surface area contributed by atoms with Crippen molar-refractivity contribution in [2.24, 2.45) is 0 Å². The molecule has 11 saturated heterocycles. The molecule has 0 unspecified atom stereocenters. The van der Waals surface area contributed by atoms with Gasteiger partial charge in [0, 0.05) is 20.8 Å². The smallest absolute Gasteiger partial charge is 0.328 e. The van der Waals surface area contributed by atoms with E-state index in [0.717, 1.165) is 20.8 Å². The van der Waals surface area contributed by atoms with Crippen molar-refractivity contribution < 1.29 is 281 Å². The van der Waals surface area contributed by atoms with Crippen molar-refractivity contribution in [3.63, 3.8) is 0 Å². The highest BCUT2D eigenvalue weighted by Gasteiger charge is 2.62. The molecule has 11 heterocycles. The zero-order chi connectivity index (χ0) is 98.0. The maximum atomic E-state index is 13.3. The Morgan fingerprint density at radius 1 is 0.248 bits per heavy atom. The summed E-state index contributed by atoms with van der Waals surface area (Å²) in [4.78, 5) is 58.4. The normalized spacial score (nSPS) is 50.3. The second-order valence-electron chi connectivity index (χ2n) is 33.8. The van der Waals surface area contributed by atoms with Gasteiger partial charge in [-0.25, -0.2) is 0 Å². The van der Waals surface area contributed by atoms with Crippen molar-refractivity contribution in [2.45, 2.75) is 365 Å². The SMILES string of the molecule is CC(=O)N[C@@H]1[C@@H](O)[C@H](O[C@@H]2O[C@H](CO)[C@@H](O[C@@H]3O[C@H](CO[C@H]4O[C@H](CO[C@H]5O[C@H](CO)[C@@H](O)[C@H](O)[C@@H]5O[C@H]5O[C@H](CP(=O)(O)O)[C@@H](O)[C@H](O)[C@@H]5O)[C@@H](O)[C@H](O[C@H]5O[C@H](CO)[C@@H](O)[C@H](O)[C@@H]5O)[C@@H]4O)[C@@H](O)[C@H](O[C@H]4O[C@H](CO)[C@@H](O)[C@H](O)[C@@H]4O[C@@H]4O[C@H](CO)[C@@H](O[C@@H]5O[C@H](CO)[C@H](O)[C@H](O)[C@H]5O)[C@H](O)[C@H]4NC(C)=O)[C@@H]3O)[C@H](O)[C@H]2NC(C)=O)[C@@H](CO[C@@H]2O[C@@H](C)[C@@H](O)[C@@H](O)[C@@H]2O)O[C@H]1O. The Morgan fingerprint density at radius 3 is 0.947 bits per heavy atom. The van der Waals surface area contributed by atoms with Crippen molar-refractivity contribution in [1.29, 1.82) is 0 Å². The van der Waals surface area contributed by atoms with Crippen LogP contribution in [0.5, 0.6) is 0 Å². The maximum absolute atomic E-state index is 13.3. The molecule has 0 saturated carbocycles. The highest BCUT2D eigenvalue weighted by molar-refractivity contribution is 7.51. The van der Waals surface area contributed by atoms with Crippen molar-refractivity contribution >= 4 is 25.3 Å². The highest BCUT2D eigenvalue weighted by atomic mass is 31.2. The zero-order valence-electron chi connectivity index (χ0n) is 70.8. The molecule has 0 aliphatic carbocycles. The third-order valence-electron chi connectivity index (χ3n) is 24.3. The van der Waals surface area contributed by atoms with Crippen LogP contribution >= 0.6 is 7.60 Å². The third-order valence-corrected chi connectivity index (χ3v) is 25.2. The van der Waals surface area contributed by atoms with Crippen LogP contribution in [0.1, 0.15) is 27.7 Å². The first-order valence-electron chi connectivity index (χ1n) is 42.1. The van der Waals surface area contributed by atoms with Gasteiger partial charge in [0.15, 0.2) is 69.2 Å². The average molecular weight is 1970 g/mol. The van der Waals surface area contributed by atoms with Crippen molar-refractivity contribution in [3.8, 4) is 0 Å². The summed E-state index contributed by atoms with van der Waals surface area (Å²) in [5, 5.41) is 344. The van der Waals surface area contributed by atoms with Crippen LogP contribution in [-0.2, 0) is 118 Å². The van der Waals surface area contributed by atoms with Gasteiger partial charge in [0.25, 0.3) is 0 Å². The van der Waals surface area contributed by atoms with Gasteiger partial charge in [-0.05, 0) is 6.92 Å². The molecule has 61 heteroatoms. The Bertz CT molecular complexity index is 3680. The van der Waals surface area contributed by atoms with E-state index >= 15 is 0 Å². The molecule has 11 fully saturated rings. The molecule has 133 heavy (non-hydrogen) atoms. The van der Waals surface area contributed by atoms with Crippen LogP contribution in [0, 0.1) is 0 Å². The summed E-state index contributed by atoms with van der Waals surface area (Å²) in [6, 6.07) is -5.90. The Labute approximate surface area is 751 Å². The van der Waals surface area contributed by atoms with Crippen LogP contribution in [0.3, 0.4) is 0 Å². The first-order valence-corrected chi connectivity index (χ1v) is 43.9. The van der Waals surface area contributed by atoms with E-state index in [1.165, 1.54) is 6.92 Å². The van der Waals surface area contributed by atoms with E-state index in [1.54, 1.807) is 0 Å². The molecule has 0 aromatic carbocycles. The quantitative estimate of drug-likeness (QED) is 0.0266. The summed E-state index contributed by atoms with van der Waals surface area (Å²) < 4.78 is 136. The van der Waals surface area contributed by atoms with Gasteiger partial charge in [-0.15, -0.1) is 0 Å². The molecule has 772 valence electrons. The number of hydrogen-bond donors (Lipinski definition) is 35. The number of amides is 3. The predicted octanol–water partition coefficient (Wildman–Crippen LogP) is -23.3. The van der Waals surface area contributed by atoms with Gasteiger partial charge in [-0.2, -0.15) is 0 Å². The lowest BCUT2D eigenvalue weighted by Gasteiger charge is -2.51. The lowest BCUT2D eigenvalue weighted by Crippen LogP contribution is -2.71. The number of ether oxygens (including phenoxy) is 21. The molecule has 11 aliphatic rings. The zero-order valence-corrected chi connectivity index (χ0v) is 71.7. The van der Waals surface area contributed by atoms with Gasteiger partial charge < -0.3 is 278 Å². The number of aliphatic hydroxyl groups is 30. The van der Waals surface area contributed by atoms with Crippen LogP contribution < -0.4 is 16.0 Å². The van der Waals surface area contributed by atoms with Gasteiger partial charge in [-0.3, -0.25) is 18.9 Å². The summed E-state index contributed by atoms with van der Waals surface area (Å²) in [5.41, 5.74) is 0. The van der Waals surface area contributed by atoms with Gasteiger partial charge in [0.1, 0.15) is 262 Å². The Balaban J connectivity index is 0.937. The largest absolute Gasteiger partial charge is 0.394 e. The number of carbonyl (C=O) groups excluding carboxylic acids is 3. The van der Waals surface area contributed by atoms with E-state index < -0.39 is 429 Å². The molecule has 35 N–H and O–H groups in total. The predicted molar refractivity (Wildman–Crippen MR) is 406 cm³/mol. The van der Waals surface area contributed by atoms with Crippen molar-refractivity contribution in [3.05, 3.63) is 0 Å². The Morgan fingerprint density at radius 2 is 0.519 bits per heavy atom. The number of rotatable bonds is 34. The standard InChI is InChI=1S/C72H122N3O57P/c1-15-32(85)43(96)49(102)65(115-15)113-13-27-57(40(93)29(62(108)116-27)73-16(2)82)126-63-30(74-17(3)83)41(94)56(24(10-81)121-63)128-70-54(107)59(130-72-61(48(101)36(89)22(8-79)120-72)131-64-31(75-18(4)84)42(95)55(23(9-80)122-64)127-67-50(103)44(97)33(86)19(5-76)117-67)39(92)26(124-70)11-112-66-53(106)58(129-68-51(104)45(98)34(87)20(6-77)118-68)38(91)25(123-66)12-114-71-60(47(100)35(88)21(7-78)119-71)132-69-52(105)46(99)37(90)28(125-69)14-133(109,110)111/h15,19-72,76-81,85-108H,5-14H2,1-4H3,(H,73,82)(H,74,83)(H,75,84)(H2,109,110,111)/t15-,19+,20+,21+,22+,23+,24+,25+,26+,27+,28+,29+,30+,31+,32+,33-,34+,35+,36+,37+,38+,39+,40+,41+,42+,43+,44-,45-,46-,47-,48-,49-,50+,51-,52-,53-,54-,55+,56+,57+,58-,59-,60-,61-,62+,63-,64-,65+,66-,67-,68+,69+,70-,71-,72+/m0/s1. The highest BCUT2D eigenvalue weighted by Crippen LogP contribution is 2.43. The monoisotopic (exact) mass is 1970 g/mol. The molecule has 0 aromatic rings. The first kappa shape index (κ1) is 110. The fourth-order valence-electron chi connectivity index (χ4n) is 17.0. The number of hydrogen-bond acceptors (Lipinski definition) is 55. The molecule has 0 bridgehead atoms. The van der Waals surface area contributed by atoms with E-state index in [9.17, 15) is 182 Å². The second-order valence-corrected chi connectivity index (χ2v) is 35.5. The van der Waals surface area contributed by atoms with Crippen LogP contribution in [-0.4, -0.2) is 584 Å². The molecule has 60 nitrogen and oxygen atoms in total. The molecule has 0 radical (unpaired) electrons. The summed E-state index contributed by atoms with van der Waals surface area (Å²) in [5.74, 6) is -2.91. The van der Waals surface area contributed by atoms with Gasteiger partial charge in [-0.1, -0.05) is 0 Å². The maximum Gasteiger partial charge on any atom is 0.328 e. The lowest BCUT2D eigenvalue weighted by molar-refractivity contribution is -0.399. The fraction of sp³-hybridized carbons (Fsp3) is 0.958. The van der Waals surface area contributed by atoms with Crippen molar-refractivity contribution in [1.82, 2.24) is 16.0 Å². The van der Waals surface area contributed by atoms with E-state index in [0.29, 0.717) is 0 Å². The molecule has 0 aromatic heterocycles. The minimum absolute atomic E-state index is 0.872. The minimum atomic E-state index is -5.13. The van der Waals surface area contributed by atoms with Gasteiger partial charge in [0.05, 0.1) is 71.7 Å². The van der Waals surface area contributed by atoms with Gasteiger partial charge in [0.2, 0.25) is 17.7 Å². The molecular formula is C72H122N3O57P. The fourth-order valence-corrected chi connectivity index (χ4v) is 17.8. The summed E-state index contributed by atoms with van der Waals surface area (Å²) in [6.07, 6.45) is -114. The molecule has 11 aliphatic heterocycles. The third kappa shape index (κ3) is 24.7. The molecule has 0 spiro atoms. The van der Waals surface area contributed by atoms with E-state index in [1.807, 2.05) is 0 Å². The Hall–Kier alpha value is -3.48. The number of aliphatic hydroxyl groups excluding tert-OH is 30. The van der Waals surface area contributed by atoms with E-state index in [-0.39, 0.29) is 0 Å². The Kier molecular flexibility index (Phi) is 39.0. The van der Waals surface area contributed by atoms with Gasteiger partial charge >= 0.3 is 7.60 Å². The average Bonchev–Trinajstić information content (AvgIpc) is 0.772. The molecule has 55 atom stereocenters. The van der Waals surface area contributed by atoms with Crippen LogP contribution in [0.4, 0.5) is 0 Å². The summed E-state index contributed by atoms with van der Waals surface area (Å²) >= 11 is 0. The number of carbonyl (C=O) groups is 3. The molecule has 11 rings (SSSR count). The first-order chi connectivity index (χ1) is 62.6. The molecular weight excluding hydrogens is 1850 g/mol.